The number of aromatic nitrogens is 1. The van der Waals surface area contributed by atoms with Gasteiger partial charge >= 0.3 is 5.97 Å². The number of hydrogen-bond acceptors (Lipinski definition) is 3. The Labute approximate surface area is 163 Å². The summed E-state index contributed by atoms with van der Waals surface area (Å²) in [5.74, 6) is -0.562. The summed E-state index contributed by atoms with van der Waals surface area (Å²) in [7, 11) is 0. The maximum atomic E-state index is 12.9. The van der Waals surface area contributed by atoms with Gasteiger partial charge in [0.2, 0.25) is 5.91 Å². The second-order valence-corrected chi connectivity index (χ2v) is 7.14. The monoisotopic (exact) mass is 371 g/mol. The van der Waals surface area contributed by atoms with Crippen molar-refractivity contribution in [3.8, 4) is 0 Å². The van der Waals surface area contributed by atoms with Gasteiger partial charge in [0.15, 0.2) is 0 Å². The molecule has 28 heavy (non-hydrogen) atoms. The van der Waals surface area contributed by atoms with Crippen molar-refractivity contribution in [2.24, 2.45) is 5.92 Å². The number of para-hydroxylation sites is 1. The number of ether oxygens (including phenoxy) is 1. The Morgan fingerprint density at radius 2 is 1.54 bits per heavy atom. The Bertz CT molecular complexity index is 1170. The molecule has 4 rings (SSSR count). The summed E-state index contributed by atoms with van der Waals surface area (Å²) in [5, 5.41) is 1.94. The molecule has 0 N–H and O–H groups in total. The Morgan fingerprint density at radius 3 is 2.29 bits per heavy atom. The molecule has 0 aliphatic carbocycles. The summed E-state index contributed by atoms with van der Waals surface area (Å²) in [4.78, 5) is 25.4. The van der Waals surface area contributed by atoms with Gasteiger partial charge in [-0.3, -0.25) is 9.36 Å². The normalized spacial score (nSPS) is 11.2. The molecule has 1 aromatic heterocycles. The molecule has 3 aromatic carbocycles. The zero-order chi connectivity index (χ0) is 19.7. The molecule has 4 aromatic rings. The first-order valence-corrected chi connectivity index (χ1v) is 9.34. The minimum Gasteiger partial charge on any atom is -0.457 e. The van der Waals surface area contributed by atoms with Crippen LogP contribution in [-0.2, 0) is 11.3 Å². The van der Waals surface area contributed by atoms with Crippen LogP contribution in [0.4, 0.5) is 0 Å². The van der Waals surface area contributed by atoms with E-state index in [9.17, 15) is 9.59 Å². The Balaban J connectivity index is 1.75. The molecule has 4 heteroatoms. The Morgan fingerprint density at radius 1 is 0.857 bits per heavy atom. The van der Waals surface area contributed by atoms with Crippen LogP contribution in [0.5, 0.6) is 0 Å². The van der Waals surface area contributed by atoms with Crippen LogP contribution in [0.2, 0.25) is 0 Å². The molecule has 0 amide bonds. The highest BCUT2D eigenvalue weighted by Crippen LogP contribution is 2.30. The molecule has 0 bridgehead atoms. The summed E-state index contributed by atoms with van der Waals surface area (Å²) in [6.07, 6.45) is 0. The standard InChI is InChI=1S/C24H21NO3/c1-16(2)23(26)25-21-11-7-6-10-19(21)20-13-12-18(14-22(20)25)24(27)28-15-17-8-4-3-5-9-17/h3-14,16H,15H2,1-2H3. The van der Waals surface area contributed by atoms with Gasteiger partial charge in [0, 0.05) is 16.7 Å². The summed E-state index contributed by atoms with van der Waals surface area (Å²) >= 11 is 0. The van der Waals surface area contributed by atoms with Gasteiger partial charge in [-0.2, -0.15) is 0 Å². The van der Waals surface area contributed by atoms with Gasteiger partial charge in [0.1, 0.15) is 6.61 Å². The lowest BCUT2D eigenvalue weighted by atomic mass is 10.1. The fourth-order valence-corrected chi connectivity index (χ4v) is 3.40. The summed E-state index contributed by atoms with van der Waals surface area (Å²) < 4.78 is 7.16. The molecule has 0 radical (unpaired) electrons. The number of hydrogen-bond donors (Lipinski definition) is 0. The van der Waals surface area contributed by atoms with Crippen LogP contribution in [0.25, 0.3) is 21.8 Å². The molecule has 0 atom stereocenters. The number of esters is 1. The lowest BCUT2D eigenvalue weighted by molar-refractivity contribution is 0.0472. The third-order valence-electron chi connectivity index (χ3n) is 4.84. The van der Waals surface area contributed by atoms with E-state index in [1.165, 1.54) is 0 Å². The quantitative estimate of drug-likeness (QED) is 0.448. The fraction of sp³-hybridized carbons (Fsp3) is 0.167. The van der Waals surface area contributed by atoms with E-state index in [2.05, 4.69) is 0 Å². The van der Waals surface area contributed by atoms with Crippen LogP contribution >= 0.6 is 0 Å². The second-order valence-electron chi connectivity index (χ2n) is 7.14. The van der Waals surface area contributed by atoms with Crippen molar-refractivity contribution < 1.29 is 14.3 Å². The summed E-state index contributed by atoms with van der Waals surface area (Å²) in [5.41, 5.74) is 2.95. The van der Waals surface area contributed by atoms with Crippen LogP contribution in [0.1, 0.15) is 34.6 Å². The van der Waals surface area contributed by atoms with E-state index in [4.69, 9.17) is 4.74 Å². The minimum atomic E-state index is -0.403. The highest BCUT2D eigenvalue weighted by Gasteiger charge is 2.19. The number of benzene rings is 3. The molecule has 0 saturated heterocycles. The van der Waals surface area contributed by atoms with E-state index in [-0.39, 0.29) is 18.4 Å². The molecule has 0 aliphatic heterocycles. The van der Waals surface area contributed by atoms with E-state index in [1.54, 1.807) is 16.7 Å². The smallest absolute Gasteiger partial charge is 0.338 e. The van der Waals surface area contributed by atoms with E-state index in [0.717, 1.165) is 27.4 Å². The highest BCUT2D eigenvalue weighted by atomic mass is 16.5. The zero-order valence-corrected chi connectivity index (χ0v) is 15.9. The van der Waals surface area contributed by atoms with Crippen molar-refractivity contribution in [2.45, 2.75) is 20.5 Å². The molecule has 140 valence electrons. The SMILES string of the molecule is CC(C)C(=O)n1c2ccccc2c2ccc(C(=O)OCc3ccccc3)cc21. The number of carbonyl (C=O) groups excluding carboxylic acids is 2. The Kier molecular flexibility index (Phi) is 4.70. The molecule has 1 heterocycles. The van der Waals surface area contributed by atoms with Gasteiger partial charge in [-0.1, -0.05) is 68.4 Å². The van der Waals surface area contributed by atoms with Gasteiger partial charge in [0.25, 0.3) is 0 Å². The van der Waals surface area contributed by atoms with Crippen molar-refractivity contribution in [1.29, 1.82) is 0 Å². The molecule has 0 saturated carbocycles. The number of fused-ring (bicyclic) bond motifs is 3. The largest absolute Gasteiger partial charge is 0.457 e. The van der Waals surface area contributed by atoms with E-state index in [0.29, 0.717) is 5.56 Å². The number of carbonyl (C=O) groups is 2. The van der Waals surface area contributed by atoms with Crippen molar-refractivity contribution in [1.82, 2.24) is 4.57 Å². The number of nitrogens with zero attached hydrogens (tertiary/aromatic N) is 1. The first-order chi connectivity index (χ1) is 13.6. The van der Waals surface area contributed by atoms with Gasteiger partial charge < -0.3 is 4.74 Å². The van der Waals surface area contributed by atoms with E-state index < -0.39 is 5.97 Å². The average Bonchev–Trinajstić information content (AvgIpc) is 3.05. The average molecular weight is 371 g/mol. The zero-order valence-electron chi connectivity index (χ0n) is 15.9. The van der Waals surface area contributed by atoms with E-state index in [1.807, 2.05) is 74.5 Å². The summed E-state index contributed by atoms with van der Waals surface area (Å²) in [6.45, 7) is 3.97. The topological polar surface area (TPSA) is 48.3 Å². The predicted molar refractivity (Wildman–Crippen MR) is 110 cm³/mol. The summed E-state index contributed by atoms with van der Waals surface area (Å²) in [6, 6.07) is 22.8. The van der Waals surface area contributed by atoms with Crippen LogP contribution in [-0.4, -0.2) is 16.4 Å². The van der Waals surface area contributed by atoms with Crippen LogP contribution in [0.15, 0.2) is 72.8 Å². The molecule has 0 fully saturated rings. The van der Waals surface area contributed by atoms with Crippen molar-refractivity contribution in [3.63, 3.8) is 0 Å². The first-order valence-electron chi connectivity index (χ1n) is 9.34. The van der Waals surface area contributed by atoms with Crippen molar-refractivity contribution >= 4 is 33.7 Å². The minimum absolute atomic E-state index is 0.000929. The van der Waals surface area contributed by atoms with Gasteiger partial charge in [-0.05, 0) is 23.8 Å². The van der Waals surface area contributed by atoms with Crippen LogP contribution in [0.3, 0.4) is 0 Å². The maximum Gasteiger partial charge on any atom is 0.338 e. The molecular formula is C24H21NO3. The van der Waals surface area contributed by atoms with Gasteiger partial charge in [-0.15, -0.1) is 0 Å². The number of rotatable bonds is 4. The van der Waals surface area contributed by atoms with Crippen molar-refractivity contribution in [3.05, 3.63) is 83.9 Å². The predicted octanol–water partition coefficient (Wildman–Crippen LogP) is 5.45. The van der Waals surface area contributed by atoms with Crippen LogP contribution < -0.4 is 0 Å². The first kappa shape index (κ1) is 18.0. The lowest BCUT2D eigenvalue weighted by Gasteiger charge is -2.10. The van der Waals surface area contributed by atoms with Gasteiger partial charge in [0.05, 0.1) is 16.6 Å². The third-order valence-corrected chi connectivity index (χ3v) is 4.84. The Hall–Kier alpha value is -3.40. The van der Waals surface area contributed by atoms with Crippen molar-refractivity contribution in [2.75, 3.05) is 0 Å². The maximum absolute atomic E-state index is 12.9. The van der Waals surface area contributed by atoms with E-state index >= 15 is 0 Å². The lowest BCUT2D eigenvalue weighted by Crippen LogP contribution is -2.16. The molecule has 4 nitrogen and oxygen atoms in total. The van der Waals surface area contributed by atoms with Gasteiger partial charge in [-0.25, -0.2) is 4.79 Å². The highest BCUT2D eigenvalue weighted by molar-refractivity contribution is 6.14. The molecule has 0 aliphatic rings. The molecular weight excluding hydrogens is 350 g/mol. The third kappa shape index (κ3) is 3.18. The van der Waals surface area contributed by atoms with Crippen LogP contribution in [0, 0.1) is 5.92 Å². The molecule has 0 unspecified atom stereocenters. The second kappa shape index (κ2) is 7.31. The fourth-order valence-electron chi connectivity index (χ4n) is 3.40. The molecule has 0 spiro atoms.